The van der Waals surface area contributed by atoms with Gasteiger partial charge in [-0.25, -0.2) is 13.1 Å². The van der Waals surface area contributed by atoms with Gasteiger partial charge in [0, 0.05) is 10.9 Å². The van der Waals surface area contributed by atoms with Crippen LogP contribution in [0.2, 0.25) is 0 Å². The summed E-state index contributed by atoms with van der Waals surface area (Å²) in [5.41, 5.74) is 0. The summed E-state index contributed by atoms with van der Waals surface area (Å²) in [5.74, 6) is 0. The lowest BCUT2D eigenvalue weighted by Gasteiger charge is -2.32. The molecular formula is C17H22N2O2S2. The van der Waals surface area contributed by atoms with Gasteiger partial charge in [-0.15, -0.1) is 11.3 Å². The molecule has 1 aromatic carbocycles. The molecule has 0 saturated carbocycles. The van der Waals surface area contributed by atoms with Crippen molar-refractivity contribution in [1.29, 1.82) is 0 Å². The van der Waals surface area contributed by atoms with E-state index in [1.165, 1.54) is 17.7 Å². The van der Waals surface area contributed by atoms with Crippen molar-refractivity contribution in [2.75, 3.05) is 13.1 Å². The van der Waals surface area contributed by atoms with E-state index in [0.717, 1.165) is 13.1 Å². The highest BCUT2D eigenvalue weighted by Gasteiger charge is 2.31. The highest BCUT2D eigenvalue weighted by molar-refractivity contribution is 7.89. The molecule has 0 aliphatic carbocycles. The fourth-order valence-electron chi connectivity index (χ4n) is 3.20. The van der Waals surface area contributed by atoms with E-state index < -0.39 is 10.0 Å². The molecule has 1 aromatic heterocycles. The van der Waals surface area contributed by atoms with E-state index in [1.54, 1.807) is 35.6 Å². The molecule has 124 valence electrons. The van der Waals surface area contributed by atoms with Crippen LogP contribution >= 0.6 is 11.3 Å². The van der Waals surface area contributed by atoms with Crippen molar-refractivity contribution in [2.45, 2.75) is 36.7 Å². The number of rotatable bonds is 6. The number of likely N-dealkylation sites (tertiary alicyclic amines) is 1. The number of hydrogen-bond acceptors (Lipinski definition) is 4. The Kier molecular flexibility index (Phi) is 5.16. The Bertz CT molecular complexity index is 708. The smallest absolute Gasteiger partial charge is 0.240 e. The van der Waals surface area contributed by atoms with Crippen molar-refractivity contribution in [3.05, 3.63) is 52.7 Å². The highest BCUT2D eigenvalue weighted by atomic mass is 32.2. The summed E-state index contributed by atoms with van der Waals surface area (Å²) in [6.07, 6.45) is 2.36. The Morgan fingerprint density at radius 2 is 1.78 bits per heavy atom. The molecule has 4 nitrogen and oxygen atoms in total. The third-order valence-corrected chi connectivity index (χ3v) is 6.75. The summed E-state index contributed by atoms with van der Waals surface area (Å²) in [6.45, 7) is 4.02. The van der Waals surface area contributed by atoms with Gasteiger partial charge >= 0.3 is 0 Å². The van der Waals surface area contributed by atoms with Crippen LogP contribution in [0.25, 0.3) is 0 Å². The minimum atomic E-state index is -3.50. The van der Waals surface area contributed by atoms with Crippen molar-refractivity contribution in [2.24, 2.45) is 0 Å². The third-order valence-electron chi connectivity index (χ3n) is 4.24. The molecule has 2 aromatic rings. The lowest BCUT2D eigenvalue weighted by atomic mass is 10.1. The summed E-state index contributed by atoms with van der Waals surface area (Å²) in [4.78, 5) is 3.93. The second kappa shape index (κ2) is 7.13. The van der Waals surface area contributed by atoms with Crippen molar-refractivity contribution >= 4 is 21.4 Å². The largest absolute Gasteiger partial charge is 0.294 e. The number of thiophene rings is 1. The number of nitrogens with zero attached hydrogens (tertiary/aromatic N) is 1. The zero-order valence-corrected chi connectivity index (χ0v) is 14.8. The predicted molar refractivity (Wildman–Crippen MR) is 94.1 cm³/mol. The summed E-state index contributed by atoms with van der Waals surface area (Å²) in [5, 5.41) is 2.05. The third kappa shape index (κ3) is 3.83. The van der Waals surface area contributed by atoms with Gasteiger partial charge in [0.1, 0.15) is 0 Å². The summed E-state index contributed by atoms with van der Waals surface area (Å²) in [7, 11) is -3.50. The molecule has 2 heterocycles. The van der Waals surface area contributed by atoms with E-state index in [4.69, 9.17) is 0 Å². The maximum atomic E-state index is 12.6. The lowest BCUT2D eigenvalue weighted by Crippen LogP contribution is -2.43. The normalized spacial score (nSPS) is 18.8. The molecule has 3 rings (SSSR count). The number of nitrogens with one attached hydrogen (secondary N) is 1. The SMILES string of the molecule is C[C@@H](NS(=O)(=O)c1ccccc1)[C@@H](c1cccs1)N1CCCC1. The van der Waals surface area contributed by atoms with E-state index >= 15 is 0 Å². The van der Waals surface area contributed by atoms with Crippen LogP contribution in [0.4, 0.5) is 0 Å². The predicted octanol–water partition coefficient (Wildman–Crippen LogP) is 3.25. The Morgan fingerprint density at radius 1 is 1.09 bits per heavy atom. The van der Waals surface area contributed by atoms with Gasteiger partial charge in [-0.05, 0) is 56.4 Å². The van der Waals surface area contributed by atoms with Crippen LogP contribution in [0.15, 0.2) is 52.7 Å². The molecule has 1 saturated heterocycles. The minimum absolute atomic E-state index is 0.0935. The molecule has 1 fully saturated rings. The lowest BCUT2D eigenvalue weighted by molar-refractivity contribution is 0.215. The second-order valence-electron chi connectivity index (χ2n) is 5.93. The van der Waals surface area contributed by atoms with Crippen LogP contribution in [-0.2, 0) is 10.0 Å². The van der Waals surface area contributed by atoms with Crippen molar-refractivity contribution < 1.29 is 8.42 Å². The average molecular weight is 351 g/mol. The van der Waals surface area contributed by atoms with E-state index in [1.807, 2.05) is 19.1 Å². The summed E-state index contributed by atoms with van der Waals surface area (Å²) < 4.78 is 28.1. The Labute approximate surface area is 142 Å². The maximum absolute atomic E-state index is 12.6. The van der Waals surface area contributed by atoms with E-state index in [2.05, 4.69) is 21.1 Å². The molecule has 6 heteroatoms. The van der Waals surface area contributed by atoms with Crippen molar-refractivity contribution in [3.8, 4) is 0 Å². The first-order valence-corrected chi connectivity index (χ1v) is 10.3. The molecule has 2 atom stereocenters. The zero-order chi connectivity index (χ0) is 16.3. The van der Waals surface area contributed by atoms with Crippen molar-refractivity contribution in [3.63, 3.8) is 0 Å². The quantitative estimate of drug-likeness (QED) is 0.870. The molecule has 0 radical (unpaired) electrons. The first kappa shape index (κ1) is 16.6. The van der Waals surface area contributed by atoms with Gasteiger partial charge in [0.05, 0.1) is 10.9 Å². The molecule has 1 aliphatic heterocycles. The van der Waals surface area contributed by atoms with Gasteiger partial charge in [-0.3, -0.25) is 4.90 Å². The van der Waals surface area contributed by atoms with Crippen LogP contribution < -0.4 is 4.72 Å². The van der Waals surface area contributed by atoms with Gasteiger partial charge in [-0.1, -0.05) is 24.3 Å². The number of hydrogen-bond donors (Lipinski definition) is 1. The average Bonchev–Trinajstić information content (AvgIpc) is 3.22. The first-order chi connectivity index (χ1) is 11.1. The fraction of sp³-hybridized carbons (Fsp3) is 0.412. The van der Waals surface area contributed by atoms with Gasteiger partial charge < -0.3 is 0 Å². The topological polar surface area (TPSA) is 49.4 Å². The molecule has 0 spiro atoms. The van der Waals surface area contributed by atoms with E-state index in [0.29, 0.717) is 4.90 Å². The summed E-state index contributed by atoms with van der Waals surface area (Å²) >= 11 is 1.69. The molecule has 0 unspecified atom stereocenters. The monoisotopic (exact) mass is 350 g/mol. The molecular weight excluding hydrogens is 328 g/mol. The molecule has 1 aliphatic rings. The van der Waals surface area contributed by atoms with Gasteiger partial charge in [0.2, 0.25) is 10.0 Å². The van der Waals surface area contributed by atoms with Crippen molar-refractivity contribution in [1.82, 2.24) is 9.62 Å². The fourth-order valence-corrected chi connectivity index (χ4v) is 5.43. The second-order valence-corrected chi connectivity index (χ2v) is 8.62. The number of sulfonamides is 1. The summed E-state index contributed by atoms with van der Waals surface area (Å²) in [6, 6.07) is 12.6. The zero-order valence-electron chi connectivity index (χ0n) is 13.2. The highest BCUT2D eigenvalue weighted by Crippen LogP contribution is 2.31. The van der Waals surface area contributed by atoms with Gasteiger partial charge in [-0.2, -0.15) is 0 Å². The molecule has 23 heavy (non-hydrogen) atoms. The Balaban J connectivity index is 1.82. The number of benzene rings is 1. The van der Waals surface area contributed by atoms with Gasteiger partial charge in [0.25, 0.3) is 0 Å². The standard InChI is InChI=1S/C17H22N2O2S2/c1-14(18-23(20,21)15-8-3-2-4-9-15)17(16-10-7-13-22-16)19-11-5-6-12-19/h2-4,7-10,13-14,17-18H,5-6,11-12H2,1H3/t14-,17+/m1/s1. The van der Waals surface area contributed by atoms with Gasteiger partial charge in [0.15, 0.2) is 0 Å². The molecule has 0 amide bonds. The van der Waals surface area contributed by atoms with E-state index in [9.17, 15) is 8.42 Å². The minimum Gasteiger partial charge on any atom is -0.294 e. The van der Waals surface area contributed by atoms with Crippen LogP contribution in [0.3, 0.4) is 0 Å². The van der Waals surface area contributed by atoms with Crippen LogP contribution in [0.1, 0.15) is 30.7 Å². The van der Waals surface area contributed by atoms with E-state index in [-0.39, 0.29) is 12.1 Å². The Morgan fingerprint density at radius 3 is 2.39 bits per heavy atom. The molecule has 0 bridgehead atoms. The van der Waals surface area contributed by atoms with Crippen LogP contribution in [-0.4, -0.2) is 32.4 Å². The molecule has 1 N–H and O–H groups in total. The first-order valence-electron chi connectivity index (χ1n) is 7.93. The Hall–Kier alpha value is -1.21. The van der Waals surface area contributed by atoms with Crippen LogP contribution in [0.5, 0.6) is 0 Å². The maximum Gasteiger partial charge on any atom is 0.240 e. The van der Waals surface area contributed by atoms with Crippen LogP contribution in [0, 0.1) is 0 Å².